The number of hydrogen-bond donors (Lipinski definition) is 1. The van der Waals surface area contributed by atoms with E-state index >= 15 is 0 Å². The van der Waals surface area contributed by atoms with Gasteiger partial charge in [-0.25, -0.2) is 9.18 Å². The van der Waals surface area contributed by atoms with Crippen molar-refractivity contribution in [1.29, 1.82) is 0 Å². The van der Waals surface area contributed by atoms with Crippen LogP contribution < -0.4 is 16.3 Å². The minimum atomic E-state index is -4.46. The Morgan fingerprint density at radius 2 is 1.91 bits per heavy atom. The molecule has 0 spiro atoms. The maximum absolute atomic E-state index is 13.2. The summed E-state index contributed by atoms with van der Waals surface area (Å²) in [5.41, 5.74) is 7.37. The van der Waals surface area contributed by atoms with Crippen molar-refractivity contribution in [2.45, 2.75) is 25.7 Å². The molecular weight excluding hydrogens is 458 g/mol. The summed E-state index contributed by atoms with van der Waals surface area (Å²) in [6.45, 7) is 2.28. The van der Waals surface area contributed by atoms with Crippen molar-refractivity contribution in [3.05, 3.63) is 80.0 Å². The third-order valence-corrected chi connectivity index (χ3v) is 7.28. The molecule has 0 aliphatic carbocycles. The Morgan fingerprint density at radius 3 is 2.48 bits per heavy atom. The molecule has 0 bridgehead atoms. The van der Waals surface area contributed by atoms with Gasteiger partial charge in [-0.05, 0) is 42.3 Å². The number of nitrogens with zero attached hydrogens (tertiary/aromatic N) is 4. The zero-order valence-corrected chi connectivity index (χ0v) is 18.5. The lowest BCUT2D eigenvalue weighted by Gasteiger charge is -2.31. The molecule has 174 valence electrons. The van der Waals surface area contributed by atoms with E-state index in [4.69, 9.17) is 5.73 Å². The average Bonchev–Trinajstić information content (AvgIpc) is 3.12. The highest BCUT2D eigenvalue weighted by molar-refractivity contribution is 8.21. The summed E-state index contributed by atoms with van der Waals surface area (Å²) in [6.07, 6.45) is -0.226. The van der Waals surface area contributed by atoms with E-state index in [1.54, 1.807) is 24.0 Å². The highest BCUT2D eigenvalue weighted by Crippen LogP contribution is 2.46. The molecule has 2 N–H and O–H groups in total. The first-order valence-electron chi connectivity index (χ1n) is 9.98. The van der Waals surface area contributed by atoms with Gasteiger partial charge in [-0.2, -0.15) is 23.1 Å². The van der Waals surface area contributed by atoms with Crippen LogP contribution in [0.1, 0.15) is 11.4 Å². The molecule has 4 rings (SSSR count). The number of benzene rings is 1. The van der Waals surface area contributed by atoms with Crippen LogP contribution in [-0.2, 0) is 6.54 Å². The van der Waals surface area contributed by atoms with Crippen LogP contribution in [0.2, 0.25) is 0 Å². The first-order valence-corrected chi connectivity index (χ1v) is 11.4. The van der Waals surface area contributed by atoms with Crippen LogP contribution in [0.15, 0.2) is 57.1 Å². The first kappa shape index (κ1) is 23.1. The number of allylic oxidation sites excluding steroid dienone is 4. The van der Waals surface area contributed by atoms with E-state index in [0.29, 0.717) is 23.8 Å². The fraction of sp³-hybridized carbons (Fsp3) is 0.273. The summed E-state index contributed by atoms with van der Waals surface area (Å²) in [6, 6.07) is 5.65. The summed E-state index contributed by atoms with van der Waals surface area (Å²) in [5.74, 6) is 3.81. The van der Waals surface area contributed by atoms with Gasteiger partial charge in [0.05, 0.1) is 11.4 Å². The van der Waals surface area contributed by atoms with Gasteiger partial charge in [0.15, 0.2) is 0 Å². The van der Waals surface area contributed by atoms with Gasteiger partial charge in [0.2, 0.25) is 5.95 Å². The fourth-order valence-corrected chi connectivity index (χ4v) is 5.05. The first-order chi connectivity index (χ1) is 15.5. The summed E-state index contributed by atoms with van der Waals surface area (Å²) in [5, 5.41) is 0. The smallest absolute Gasteiger partial charge is 0.335 e. The minimum Gasteiger partial charge on any atom is -0.335 e. The second kappa shape index (κ2) is 8.71. The lowest BCUT2D eigenvalue weighted by Crippen LogP contribution is -2.44. The lowest BCUT2D eigenvalue weighted by molar-refractivity contribution is -0.0835. The Morgan fingerprint density at radius 1 is 1.21 bits per heavy atom. The predicted octanol–water partition coefficient (Wildman–Crippen LogP) is 3.36. The number of nitrogens with two attached hydrogens (primary N) is 1. The van der Waals surface area contributed by atoms with Crippen LogP contribution >= 0.6 is 10.5 Å². The highest BCUT2D eigenvalue weighted by Gasteiger charge is 2.37. The second-order valence-corrected chi connectivity index (χ2v) is 9.42. The van der Waals surface area contributed by atoms with Crippen LogP contribution in [0.3, 0.4) is 0 Å². The highest BCUT2D eigenvalue weighted by atomic mass is 32.2. The molecule has 0 fully saturated rings. The number of alkyl halides is 3. The number of anilines is 1. The van der Waals surface area contributed by atoms with Gasteiger partial charge in [-0.3, -0.25) is 4.57 Å². The van der Waals surface area contributed by atoms with Crippen LogP contribution in [0.5, 0.6) is 0 Å². The molecule has 11 heteroatoms. The van der Waals surface area contributed by atoms with Crippen molar-refractivity contribution in [3.8, 4) is 0 Å². The van der Waals surface area contributed by atoms with Crippen molar-refractivity contribution in [2.24, 2.45) is 5.73 Å². The molecule has 33 heavy (non-hydrogen) atoms. The summed E-state index contributed by atoms with van der Waals surface area (Å²) in [4.78, 5) is 22.6. The van der Waals surface area contributed by atoms with Crippen LogP contribution in [0.25, 0.3) is 5.57 Å². The van der Waals surface area contributed by atoms with Gasteiger partial charge < -0.3 is 10.6 Å². The van der Waals surface area contributed by atoms with Crippen molar-refractivity contribution in [3.63, 3.8) is 0 Å². The molecule has 1 aromatic heterocycles. The SMILES string of the molecule is C=S1C(Cn2c(C)nc(N3CC=C(c4ccc(F)cc4)[C@H](N)C3)nc2=O)=CC=C1C(F)(F)F. The third kappa shape index (κ3) is 4.69. The van der Waals surface area contributed by atoms with Gasteiger partial charge in [0, 0.05) is 24.0 Å². The zero-order chi connectivity index (χ0) is 23.9. The molecule has 3 heterocycles. The number of aryl methyl sites for hydroxylation is 1. The Kier molecular flexibility index (Phi) is 6.10. The van der Waals surface area contributed by atoms with E-state index in [1.807, 2.05) is 6.08 Å². The van der Waals surface area contributed by atoms with Crippen LogP contribution in [0, 0.1) is 12.7 Å². The number of rotatable bonds is 4. The van der Waals surface area contributed by atoms with Gasteiger partial charge in [-0.15, -0.1) is 10.5 Å². The van der Waals surface area contributed by atoms with Gasteiger partial charge >= 0.3 is 11.9 Å². The summed E-state index contributed by atoms with van der Waals surface area (Å²) < 4.78 is 53.6. The maximum atomic E-state index is 13.2. The zero-order valence-electron chi connectivity index (χ0n) is 17.6. The quantitative estimate of drug-likeness (QED) is 0.538. The van der Waals surface area contributed by atoms with Crippen molar-refractivity contribution in [1.82, 2.24) is 14.5 Å². The number of halogens is 4. The predicted molar refractivity (Wildman–Crippen MR) is 123 cm³/mol. The van der Waals surface area contributed by atoms with Crippen LogP contribution in [-0.4, -0.2) is 45.7 Å². The Bertz CT molecular complexity index is 1260. The molecular formula is C22H21F4N5OS. The summed E-state index contributed by atoms with van der Waals surface area (Å²) >= 11 is 0. The molecule has 2 aliphatic heterocycles. The average molecular weight is 480 g/mol. The molecule has 0 saturated heterocycles. The Hall–Kier alpha value is -3.05. The molecule has 2 aliphatic rings. The molecule has 6 nitrogen and oxygen atoms in total. The van der Waals surface area contributed by atoms with E-state index in [-0.39, 0.29) is 18.3 Å². The topological polar surface area (TPSA) is 77.0 Å². The second-order valence-electron chi connectivity index (χ2n) is 7.67. The third-order valence-electron chi connectivity index (χ3n) is 5.48. The van der Waals surface area contributed by atoms with E-state index in [0.717, 1.165) is 17.2 Å². The number of aromatic nitrogens is 3. The molecule has 2 aromatic rings. The Balaban J connectivity index is 1.52. The molecule has 0 amide bonds. The monoisotopic (exact) mass is 479 g/mol. The van der Waals surface area contributed by atoms with Crippen molar-refractivity contribution >= 4 is 27.9 Å². The van der Waals surface area contributed by atoms with E-state index in [2.05, 4.69) is 15.8 Å². The van der Waals surface area contributed by atoms with E-state index in [9.17, 15) is 22.4 Å². The van der Waals surface area contributed by atoms with E-state index in [1.165, 1.54) is 22.8 Å². The van der Waals surface area contributed by atoms with Gasteiger partial charge in [0.25, 0.3) is 0 Å². The molecule has 0 radical (unpaired) electrons. The van der Waals surface area contributed by atoms with Crippen LogP contribution in [0.4, 0.5) is 23.5 Å². The molecule has 2 atom stereocenters. The number of hydrogen-bond acceptors (Lipinski definition) is 5. The van der Waals surface area contributed by atoms with E-state index < -0.39 is 33.3 Å². The normalized spacial score (nSPS) is 21.0. The standard InChI is InChI=1S/C22H21F4N5OS/c1-13-28-20(30-10-9-17(18(27)12-30)14-3-5-15(23)6-4-14)29-21(32)31(13)11-16-7-8-19(33(16)2)22(24,25)26/h3-9,18H,2,10-12,27H2,1H3/t18-,33?/m1/s1. The lowest BCUT2D eigenvalue weighted by atomic mass is 9.95. The van der Waals surface area contributed by atoms with Gasteiger partial charge in [-0.1, -0.05) is 24.1 Å². The van der Waals surface area contributed by atoms with Crippen molar-refractivity contribution in [2.75, 3.05) is 18.0 Å². The summed E-state index contributed by atoms with van der Waals surface area (Å²) in [7, 11) is -1.40. The van der Waals surface area contributed by atoms with Crippen molar-refractivity contribution < 1.29 is 17.6 Å². The molecule has 0 saturated carbocycles. The minimum absolute atomic E-state index is 0.0677. The Labute approximate surface area is 189 Å². The molecule has 1 aromatic carbocycles. The fourth-order valence-electron chi connectivity index (χ4n) is 3.74. The maximum Gasteiger partial charge on any atom is 0.422 e. The largest absolute Gasteiger partial charge is 0.422 e. The van der Waals surface area contributed by atoms with Gasteiger partial charge in [0.1, 0.15) is 11.6 Å². The molecule has 1 unspecified atom stereocenters.